The molecule has 3 rings (SSSR count). The number of carbonyl (C=O) groups excluding carboxylic acids is 1. The molecule has 1 aliphatic heterocycles. The highest BCUT2D eigenvalue weighted by Crippen LogP contribution is 2.26. The quantitative estimate of drug-likeness (QED) is 0.644. The maximum Gasteiger partial charge on any atom is 0.259 e. The van der Waals surface area contributed by atoms with Gasteiger partial charge in [0.25, 0.3) is 5.56 Å². The Morgan fingerprint density at radius 3 is 2.77 bits per heavy atom. The van der Waals surface area contributed by atoms with Crippen molar-refractivity contribution in [2.45, 2.75) is 52.3 Å². The zero-order valence-electron chi connectivity index (χ0n) is 16.1. The van der Waals surface area contributed by atoms with E-state index >= 15 is 0 Å². The average Bonchev–Trinajstić information content (AvgIpc) is 3.10. The van der Waals surface area contributed by atoms with E-state index in [-0.39, 0.29) is 16.9 Å². The molecular formula is C21H27BN2O2. The lowest BCUT2D eigenvalue weighted by Crippen LogP contribution is -2.30. The molecule has 5 heteroatoms. The van der Waals surface area contributed by atoms with E-state index in [1.807, 2.05) is 20.0 Å². The van der Waals surface area contributed by atoms with Crippen LogP contribution in [0, 0.1) is 6.92 Å². The third-order valence-corrected chi connectivity index (χ3v) is 5.79. The van der Waals surface area contributed by atoms with Gasteiger partial charge in [-0.3, -0.25) is 9.59 Å². The molecule has 26 heavy (non-hydrogen) atoms. The minimum absolute atomic E-state index is 0.178. The summed E-state index contributed by atoms with van der Waals surface area (Å²) in [4.78, 5) is 27.3. The van der Waals surface area contributed by atoms with Crippen LogP contribution in [0.2, 0.25) is 12.6 Å². The van der Waals surface area contributed by atoms with Gasteiger partial charge in [0.05, 0.1) is 11.3 Å². The summed E-state index contributed by atoms with van der Waals surface area (Å²) in [6.45, 7) is 5.95. The first kappa shape index (κ1) is 18.6. The molecular weight excluding hydrogens is 323 g/mol. The number of nitrogens with one attached hydrogen (secondary N) is 2. The number of aromatic amines is 1. The molecule has 2 N–H and O–H groups in total. The Labute approximate surface area is 155 Å². The molecule has 2 aromatic rings. The van der Waals surface area contributed by atoms with Crippen LogP contribution >= 0.6 is 0 Å². The van der Waals surface area contributed by atoms with Gasteiger partial charge in [0.15, 0.2) is 12.5 Å². The zero-order chi connectivity index (χ0) is 18.8. The molecule has 1 fully saturated rings. The molecule has 4 nitrogen and oxygen atoms in total. The average molecular weight is 350 g/mol. The fourth-order valence-corrected chi connectivity index (χ4v) is 4.37. The maximum absolute atomic E-state index is 12.5. The van der Waals surface area contributed by atoms with Crippen LogP contribution < -0.4 is 16.3 Å². The van der Waals surface area contributed by atoms with E-state index in [4.69, 9.17) is 0 Å². The van der Waals surface area contributed by atoms with Crippen molar-refractivity contribution < 1.29 is 4.79 Å². The molecule has 0 radical (unpaired) electrons. The number of benzene rings is 1. The van der Waals surface area contributed by atoms with Crippen LogP contribution in [-0.4, -0.2) is 30.6 Å². The molecule has 0 aliphatic carbocycles. The predicted octanol–water partition coefficient (Wildman–Crippen LogP) is 2.81. The largest absolute Gasteiger partial charge is 0.321 e. The molecule has 1 unspecified atom stereocenters. The van der Waals surface area contributed by atoms with Crippen LogP contribution in [0.15, 0.2) is 29.1 Å². The molecule has 1 saturated heterocycles. The first-order chi connectivity index (χ1) is 12.5. The molecule has 2 heterocycles. The Kier molecular flexibility index (Phi) is 5.47. The van der Waals surface area contributed by atoms with Crippen LogP contribution in [0.4, 0.5) is 0 Å². The van der Waals surface area contributed by atoms with Gasteiger partial charge in [0.2, 0.25) is 0 Å². The zero-order valence-corrected chi connectivity index (χ0v) is 16.1. The lowest BCUT2D eigenvalue weighted by Gasteiger charge is -2.15. The van der Waals surface area contributed by atoms with E-state index in [1.165, 1.54) is 25.1 Å². The molecule has 136 valence electrons. The lowest BCUT2D eigenvalue weighted by atomic mass is 9.43. The SMILES string of the molecule is CCc1c(-c2cccc(B3CCC(NC)C3)c2)[nH]c(=O)c(C(C)=O)c1C. The Morgan fingerprint density at radius 1 is 1.38 bits per heavy atom. The summed E-state index contributed by atoms with van der Waals surface area (Å²) >= 11 is 0. The summed E-state index contributed by atoms with van der Waals surface area (Å²) in [6, 6.07) is 9.10. The number of hydrogen-bond acceptors (Lipinski definition) is 3. The van der Waals surface area contributed by atoms with Gasteiger partial charge in [-0.2, -0.15) is 0 Å². The fourth-order valence-electron chi connectivity index (χ4n) is 4.37. The Bertz CT molecular complexity index is 888. The molecule has 1 aromatic heterocycles. The molecule has 0 bridgehead atoms. The van der Waals surface area contributed by atoms with Crippen LogP contribution in [0.3, 0.4) is 0 Å². The number of carbonyl (C=O) groups is 1. The summed E-state index contributed by atoms with van der Waals surface area (Å²) in [5, 5.41) is 3.38. The Balaban J connectivity index is 2.06. The van der Waals surface area contributed by atoms with Crippen molar-refractivity contribution in [2.24, 2.45) is 0 Å². The second kappa shape index (κ2) is 7.62. The topological polar surface area (TPSA) is 62.0 Å². The van der Waals surface area contributed by atoms with Crippen LogP contribution in [0.5, 0.6) is 0 Å². The standard InChI is InChI=1S/C21H27BN2O2/c1-5-18-13(2)19(14(3)25)21(26)24-20(18)15-7-6-8-16(11-15)22-10-9-17(12-22)23-4/h6-8,11,17,23H,5,9-10,12H2,1-4H3,(H,24,26). The first-order valence-corrected chi connectivity index (χ1v) is 9.50. The van der Waals surface area contributed by atoms with E-state index < -0.39 is 0 Å². The van der Waals surface area contributed by atoms with Gasteiger partial charge in [-0.25, -0.2) is 0 Å². The van der Waals surface area contributed by atoms with Crippen molar-refractivity contribution in [3.63, 3.8) is 0 Å². The van der Waals surface area contributed by atoms with Gasteiger partial charge >= 0.3 is 0 Å². The Morgan fingerprint density at radius 2 is 2.15 bits per heavy atom. The normalized spacial score (nSPS) is 16.9. The van der Waals surface area contributed by atoms with Gasteiger partial charge in [-0.05, 0) is 56.5 Å². The third-order valence-electron chi connectivity index (χ3n) is 5.79. The van der Waals surface area contributed by atoms with E-state index in [9.17, 15) is 9.59 Å². The third kappa shape index (κ3) is 3.41. The van der Waals surface area contributed by atoms with E-state index in [2.05, 4.69) is 35.4 Å². The maximum atomic E-state index is 12.5. The number of hydrogen-bond donors (Lipinski definition) is 2. The summed E-state index contributed by atoms with van der Waals surface area (Å²) < 4.78 is 0. The van der Waals surface area contributed by atoms with Crippen LogP contribution in [0.1, 0.15) is 41.8 Å². The molecule has 0 saturated carbocycles. The molecule has 1 aromatic carbocycles. The van der Waals surface area contributed by atoms with E-state index in [1.54, 1.807) is 0 Å². The first-order valence-electron chi connectivity index (χ1n) is 9.50. The summed E-state index contributed by atoms with van der Waals surface area (Å²) in [7, 11) is 2.03. The van der Waals surface area contributed by atoms with Crippen LogP contribution in [0.25, 0.3) is 11.3 Å². The number of aromatic nitrogens is 1. The number of pyridine rings is 1. The predicted molar refractivity (Wildman–Crippen MR) is 109 cm³/mol. The summed E-state index contributed by atoms with van der Waals surface area (Å²) in [6.07, 6.45) is 4.32. The van der Waals surface area contributed by atoms with Gasteiger partial charge in [-0.15, -0.1) is 0 Å². The van der Waals surface area contributed by atoms with Crippen molar-refractivity contribution in [3.8, 4) is 11.3 Å². The molecule has 1 atom stereocenters. The number of ketones is 1. The minimum atomic E-state index is -0.288. The number of H-pyrrole nitrogens is 1. The number of rotatable bonds is 5. The smallest absolute Gasteiger partial charge is 0.259 e. The van der Waals surface area contributed by atoms with Gasteiger partial charge < -0.3 is 10.3 Å². The van der Waals surface area contributed by atoms with Gasteiger partial charge in [0, 0.05) is 0 Å². The van der Waals surface area contributed by atoms with Crippen molar-refractivity contribution in [1.29, 1.82) is 0 Å². The van der Waals surface area contributed by atoms with Crippen molar-refractivity contribution in [1.82, 2.24) is 10.3 Å². The lowest BCUT2D eigenvalue weighted by molar-refractivity contribution is 0.101. The monoisotopic (exact) mass is 350 g/mol. The molecule has 1 aliphatic rings. The second-order valence-corrected chi connectivity index (χ2v) is 7.34. The summed E-state index contributed by atoms with van der Waals surface area (Å²) in [5.74, 6) is -0.178. The Hall–Kier alpha value is -2.14. The van der Waals surface area contributed by atoms with E-state index in [0.29, 0.717) is 12.8 Å². The van der Waals surface area contributed by atoms with Crippen molar-refractivity contribution in [2.75, 3.05) is 7.05 Å². The molecule has 0 amide bonds. The van der Waals surface area contributed by atoms with E-state index in [0.717, 1.165) is 35.1 Å². The highest BCUT2D eigenvalue weighted by atomic mass is 16.1. The van der Waals surface area contributed by atoms with Gasteiger partial charge in [0.1, 0.15) is 0 Å². The van der Waals surface area contributed by atoms with Crippen LogP contribution in [-0.2, 0) is 6.42 Å². The minimum Gasteiger partial charge on any atom is -0.321 e. The van der Waals surface area contributed by atoms with Crippen molar-refractivity contribution >= 4 is 18.0 Å². The second-order valence-electron chi connectivity index (χ2n) is 7.34. The molecule has 0 spiro atoms. The van der Waals surface area contributed by atoms with Gasteiger partial charge in [-0.1, -0.05) is 49.3 Å². The number of Topliss-reactive ketones (excluding diaryl/α,β-unsaturated/α-hetero) is 1. The fraction of sp³-hybridized carbons (Fsp3) is 0.429. The van der Waals surface area contributed by atoms with Crippen molar-refractivity contribution in [3.05, 3.63) is 51.3 Å². The highest BCUT2D eigenvalue weighted by Gasteiger charge is 2.28. The highest BCUT2D eigenvalue weighted by molar-refractivity contribution is 6.74. The summed E-state index contributed by atoms with van der Waals surface area (Å²) in [5.41, 5.74) is 5.06.